The summed E-state index contributed by atoms with van der Waals surface area (Å²) in [6.45, 7) is 0.619. The average Bonchev–Trinajstić information content (AvgIpc) is 2.56. The number of carbonyl (C=O) groups excluding carboxylic acids is 2. The predicted molar refractivity (Wildman–Crippen MR) is 75.6 cm³/mol. The largest absolute Gasteiger partial charge is 0.356 e. The normalized spacial score (nSPS) is 26.6. The van der Waals surface area contributed by atoms with Gasteiger partial charge in [0.15, 0.2) is 6.10 Å². The summed E-state index contributed by atoms with van der Waals surface area (Å²) in [4.78, 5) is 29.9. The van der Waals surface area contributed by atoms with Crippen LogP contribution in [-0.2, 0) is 14.3 Å². The van der Waals surface area contributed by atoms with Crippen molar-refractivity contribution in [2.45, 2.75) is 31.2 Å². The average molecular weight is 307 g/mol. The Labute approximate surface area is 127 Å². The van der Waals surface area contributed by atoms with Gasteiger partial charge in [-0.05, 0) is 24.5 Å². The number of rotatable bonds is 2. The Hall–Kier alpha value is -2.02. The molecule has 2 aliphatic heterocycles. The summed E-state index contributed by atoms with van der Waals surface area (Å²) in [7, 11) is 0. The topological polar surface area (TPSA) is 71.5 Å². The zero-order valence-electron chi connectivity index (χ0n) is 12.1. The molecule has 0 unspecified atom stereocenters. The van der Waals surface area contributed by atoms with Crippen LogP contribution in [0.1, 0.15) is 24.4 Å². The number of carbonyl (C=O) groups is 2. The molecule has 0 aliphatic carbocycles. The number of nitrogens with one attached hydrogen (secondary N) is 1. The molecule has 2 fully saturated rings. The summed E-state index contributed by atoms with van der Waals surface area (Å²) in [5.41, 5.74) is 0.717. The molecule has 1 N–H and O–H groups in total. The molecule has 2 atom stereocenters. The molecule has 0 aromatic carbocycles. The highest BCUT2D eigenvalue weighted by Gasteiger charge is 2.39. The maximum Gasteiger partial charge on any atom is 0.254 e. The van der Waals surface area contributed by atoms with Crippen molar-refractivity contribution < 1.29 is 18.7 Å². The molecule has 3 rings (SSSR count). The smallest absolute Gasteiger partial charge is 0.254 e. The van der Waals surface area contributed by atoms with Gasteiger partial charge < -0.3 is 15.0 Å². The quantitative estimate of drug-likeness (QED) is 0.868. The van der Waals surface area contributed by atoms with E-state index in [0.717, 1.165) is 0 Å². The summed E-state index contributed by atoms with van der Waals surface area (Å²) < 4.78 is 18.7. The number of amides is 2. The molecule has 6 nitrogen and oxygen atoms in total. The molecule has 7 heteroatoms. The lowest BCUT2D eigenvalue weighted by molar-refractivity contribution is -0.156. The van der Waals surface area contributed by atoms with E-state index in [9.17, 15) is 14.0 Å². The lowest BCUT2D eigenvalue weighted by Crippen LogP contribution is -2.54. The maximum absolute atomic E-state index is 13.2. The van der Waals surface area contributed by atoms with Crippen molar-refractivity contribution in [3.05, 3.63) is 30.1 Å². The second-order valence-electron chi connectivity index (χ2n) is 5.56. The number of piperidine rings is 1. The maximum atomic E-state index is 13.2. The Kier molecular flexibility index (Phi) is 4.33. The van der Waals surface area contributed by atoms with Crippen molar-refractivity contribution in [2.75, 3.05) is 19.7 Å². The zero-order valence-corrected chi connectivity index (χ0v) is 12.1. The van der Waals surface area contributed by atoms with E-state index in [1.165, 1.54) is 0 Å². The molecule has 0 saturated carbocycles. The van der Waals surface area contributed by atoms with Crippen molar-refractivity contribution in [2.24, 2.45) is 0 Å². The standard InChI is InChI=1S/C15H18FN3O3/c16-11-3-6-19(7-4-11)15(21)14-13(18-12(20)9-22-14)10-2-1-5-17-8-10/h1-2,5,8,11,13-14H,3-4,6-7,9H2,(H,18,20)/t13-,14+/m1/s1. The van der Waals surface area contributed by atoms with Crippen LogP contribution in [0.3, 0.4) is 0 Å². The van der Waals surface area contributed by atoms with E-state index in [0.29, 0.717) is 31.5 Å². The van der Waals surface area contributed by atoms with Gasteiger partial charge >= 0.3 is 0 Å². The van der Waals surface area contributed by atoms with E-state index in [2.05, 4.69) is 10.3 Å². The van der Waals surface area contributed by atoms with Gasteiger partial charge in [0.25, 0.3) is 5.91 Å². The van der Waals surface area contributed by atoms with Gasteiger partial charge in [-0.2, -0.15) is 0 Å². The monoisotopic (exact) mass is 307 g/mol. The van der Waals surface area contributed by atoms with Gasteiger partial charge in [-0.25, -0.2) is 4.39 Å². The highest BCUT2D eigenvalue weighted by atomic mass is 19.1. The number of hydrogen-bond donors (Lipinski definition) is 1. The first-order chi connectivity index (χ1) is 10.6. The summed E-state index contributed by atoms with van der Waals surface area (Å²) in [5.74, 6) is -0.471. The molecular formula is C15H18FN3O3. The number of halogens is 1. The Morgan fingerprint density at radius 2 is 2.18 bits per heavy atom. The van der Waals surface area contributed by atoms with Crippen LogP contribution in [0.15, 0.2) is 24.5 Å². The fourth-order valence-corrected chi connectivity index (χ4v) is 2.83. The third-order valence-corrected chi connectivity index (χ3v) is 4.04. The van der Waals surface area contributed by atoms with Crippen LogP contribution >= 0.6 is 0 Å². The highest BCUT2D eigenvalue weighted by molar-refractivity contribution is 5.86. The fraction of sp³-hybridized carbons (Fsp3) is 0.533. The number of ether oxygens (including phenoxy) is 1. The first-order valence-corrected chi connectivity index (χ1v) is 7.39. The van der Waals surface area contributed by atoms with E-state index in [1.54, 1.807) is 29.4 Å². The van der Waals surface area contributed by atoms with Crippen LogP contribution in [-0.4, -0.2) is 53.7 Å². The van der Waals surface area contributed by atoms with Gasteiger partial charge in [-0.3, -0.25) is 14.6 Å². The van der Waals surface area contributed by atoms with Crippen molar-refractivity contribution in [3.8, 4) is 0 Å². The summed E-state index contributed by atoms with van der Waals surface area (Å²) in [5, 5.41) is 2.79. The third kappa shape index (κ3) is 3.09. The molecule has 0 bridgehead atoms. The minimum atomic E-state index is -0.842. The fourth-order valence-electron chi connectivity index (χ4n) is 2.83. The van der Waals surface area contributed by atoms with Crippen LogP contribution in [0, 0.1) is 0 Å². The van der Waals surface area contributed by atoms with Gasteiger partial charge in [-0.1, -0.05) is 6.07 Å². The minimum Gasteiger partial charge on any atom is -0.356 e. The zero-order chi connectivity index (χ0) is 15.5. The molecule has 1 aromatic heterocycles. The van der Waals surface area contributed by atoms with Crippen molar-refractivity contribution >= 4 is 11.8 Å². The number of nitrogens with zero attached hydrogens (tertiary/aromatic N) is 2. The van der Waals surface area contributed by atoms with Gasteiger partial charge in [0.1, 0.15) is 12.8 Å². The van der Waals surface area contributed by atoms with E-state index in [4.69, 9.17) is 4.74 Å². The highest BCUT2D eigenvalue weighted by Crippen LogP contribution is 2.25. The van der Waals surface area contributed by atoms with Crippen LogP contribution in [0.5, 0.6) is 0 Å². The minimum absolute atomic E-state index is 0.146. The Morgan fingerprint density at radius 3 is 2.86 bits per heavy atom. The number of hydrogen-bond acceptors (Lipinski definition) is 4. The van der Waals surface area contributed by atoms with Gasteiger partial charge in [-0.15, -0.1) is 0 Å². The lowest BCUT2D eigenvalue weighted by Gasteiger charge is -2.36. The SMILES string of the molecule is O=C1CO[C@H](C(=O)N2CCC(F)CC2)[C@@H](c2cccnc2)N1. The number of morpholine rings is 1. The van der Waals surface area contributed by atoms with Crippen molar-refractivity contribution in [3.63, 3.8) is 0 Å². The van der Waals surface area contributed by atoms with E-state index in [1.807, 2.05) is 0 Å². The van der Waals surface area contributed by atoms with E-state index >= 15 is 0 Å². The molecule has 1 aromatic rings. The van der Waals surface area contributed by atoms with Gasteiger partial charge in [0.05, 0.1) is 6.04 Å². The molecule has 118 valence electrons. The third-order valence-electron chi connectivity index (χ3n) is 4.04. The van der Waals surface area contributed by atoms with Crippen molar-refractivity contribution in [1.82, 2.24) is 15.2 Å². The second-order valence-corrected chi connectivity index (χ2v) is 5.56. The molecule has 2 saturated heterocycles. The van der Waals surface area contributed by atoms with Crippen LogP contribution < -0.4 is 5.32 Å². The molecule has 0 radical (unpaired) electrons. The number of aromatic nitrogens is 1. The lowest BCUT2D eigenvalue weighted by atomic mass is 9.99. The predicted octanol–water partition coefficient (Wildman–Crippen LogP) is 0.598. The van der Waals surface area contributed by atoms with Gasteiger partial charge in [0, 0.05) is 25.5 Å². The molecule has 22 heavy (non-hydrogen) atoms. The summed E-state index contributed by atoms with van der Waals surface area (Å²) >= 11 is 0. The second kappa shape index (κ2) is 6.39. The molecular weight excluding hydrogens is 289 g/mol. The summed E-state index contributed by atoms with van der Waals surface area (Å²) in [6.07, 6.45) is 2.29. The Bertz CT molecular complexity index is 546. The Morgan fingerprint density at radius 1 is 1.41 bits per heavy atom. The first kappa shape index (κ1) is 14.9. The molecule has 0 spiro atoms. The number of pyridine rings is 1. The van der Waals surface area contributed by atoms with Crippen LogP contribution in [0.2, 0.25) is 0 Å². The molecule has 2 aliphatic rings. The van der Waals surface area contributed by atoms with Crippen LogP contribution in [0.25, 0.3) is 0 Å². The number of alkyl halides is 1. The number of likely N-dealkylation sites (tertiary alicyclic amines) is 1. The first-order valence-electron chi connectivity index (χ1n) is 7.39. The Balaban J connectivity index is 1.77. The molecule has 3 heterocycles. The summed E-state index contributed by atoms with van der Waals surface area (Å²) in [6, 6.07) is 2.97. The van der Waals surface area contributed by atoms with E-state index in [-0.39, 0.29) is 18.4 Å². The van der Waals surface area contributed by atoms with Crippen LogP contribution in [0.4, 0.5) is 4.39 Å². The van der Waals surface area contributed by atoms with Crippen molar-refractivity contribution in [1.29, 1.82) is 0 Å². The van der Waals surface area contributed by atoms with E-state index < -0.39 is 18.3 Å². The van der Waals surface area contributed by atoms with Gasteiger partial charge in [0.2, 0.25) is 5.91 Å². The molecule has 2 amide bonds.